The average Bonchev–Trinajstić information content (AvgIpc) is 2.85. The molecule has 0 radical (unpaired) electrons. The van der Waals surface area contributed by atoms with Crippen LogP contribution in [0.3, 0.4) is 0 Å². The Balaban J connectivity index is 1.54. The van der Waals surface area contributed by atoms with Gasteiger partial charge in [0.05, 0.1) is 11.8 Å². The van der Waals surface area contributed by atoms with Crippen molar-refractivity contribution in [3.05, 3.63) is 24.3 Å². The van der Waals surface area contributed by atoms with E-state index in [1.165, 1.54) is 4.90 Å². The van der Waals surface area contributed by atoms with Crippen molar-refractivity contribution in [2.45, 2.75) is 37.0 Å². The molecule has 1 aliphatic heterocycles. The van der Waals surface area contributed by atoms with Crippen LogP contribution in [0.5, 0.6) is 0 Å². The minimum Gasteiger partial charge on any atom is -0.326 e. The lowest BCUT2D eigenvalue weighted by molar-refractivity contribution is -0.140. The van der Waals surface area contributed by atoms with E-state index in [9.17, 15) is 14.4 Å². The summed E-state index contributed by atoms with van der Waals surface area (Å²) in [4.78, 5) is 39.2. The van der Waals surface area contributed by atoms with Gasteiger partial charge in [-0.2, -0.15) is 0 Å². The van der Waals surface area contributed by atoms with E-state index in [0.717, 1.165) is 36.3 Å². The molecule has 3 rings (SSSR count). The van der Waals surface area contributed by atoms with E-state index in [-0.39, 0.29) is 42.5 Å². The number of fused-ring (bicyclic) bond motifs is 1. The highest BCUT2D eigenvalue weighted by Crippen LogP contribution is 2.37. The lowest BCUT2D eigenvalue weighted by atomic mass is 9.81. The van der Waals surface area contributed by atoms with Crippen molar-refractivity contribution in [1.29, 1.82) is 0 Å². The summed E-state index contributed by atoms with van der Waals surface area (Å²) in [5.74, 6) is -0.632. The predicted octanol–water partition coefficient (Wildman–Crippen LogP) is 2.91. The van der Waals surface area contributed by atoms with Gasteiger partial charge in [-0.25, -0.2) is 0 Å². The van der Waals surface area contributed by atoms with Crippen LogP contribution in [0.2, 0.25) is 0 Å². The van der Waals surface area contributed by atoms with Crippen molar-refractivity contribution in [3.8, 4) is 0 Å². The normalized spacial score (nSPS) is 23.3. The Morgan fingerprint density at radius 1 is 1.12 bits per heavy atom. The molecule has 0 bridgehead atoms. The Kier molecular flexibility index (Phi) is 5.23. The van der Waals surface area contributed by atoms with Gasteiger partial charge in [-0.15, -0.1) is 11.8 Å². The summed E-state index contributed by atoms with van der Waals surface area (Å²) in [5, 5.41) is 2.81. The van der Waals surface area contributed by atoms with E-state index >= 15 is 0 Å². The number of rotatable bonds is 5. The topological polar surface area (TPSA) is 66.5 Å². The maximum atomic E-state index is 12.4. The van der Waals surface area contributed by atoms with Crippen LogP contribution >= 0.6 is 11.8 Å². The predicted molar refractivity (Wildman–Crippen MR) is 93.6 cm³/mol. The van der Waals surface area contributed by atoms with Crippen molar-refractivity contribution >= 4 is 35.2 Å². The SMILES string of the molecule is CSc1ccc(NC(=O)CCN2C(=O)[C@H]3CCCC[C@@H]3C2=O)cc1. The zero-order valence-electron chi connectivity index (χ0n) is 13.8. The van der Waals surface area contributed by atoms with Crippen LogP contribution in [0.25, 0.3) is 0 Å². The molecule has 1 heterocycles. The van der Waals surface area contributed by atoms with Crippen LogP contribution in [-0.4, -0.2) is 35.4 Å². The number of carbonyl (C=O) groups excluding carboxylic acids is 3. The van der Waals surface area contributed by atoms with Gasteiger partial charge in [0.25, 0.3) is 0 Å². The van der Waals surface area contributed by atoms with Gasteiger partial charge in [-0.1, -0.05) is 12.8 Å². The molecule has 0 aromatic heterocycles. The van der Waals surface area contributed by atoms with Crippen LogP contribution in [-0.2, 0) is 14.4 Å². The van der Waals surface area contributed by atoms with Gasteiger partial charge in [-0.3, -0.25) is 19.3 Å². The Bertz CT molecular complexity index is 620. The Morgan fingerprint density at radius 3 is 2.25 bits per heavy atom. The number of anilines is 1. The molecule has 3 amide bonds. The Hall–Kier alpha value is -1.82. The van der Waals surface area contributed by atoms with E-state index in [2.05, 4.69) is 5.32 Å². The molecule has 24 heavy (non-hydrogen) atoms. The van der Waals surface area contributed by atoms with Crippen LogP contribution in [0, 0.1) is 11.8 Å². The first-order chi connectivity index (χ1) is 11.6. The summed E-state index contributed by atoms with van der Waals surface area (Å²) >= 11 is 1.64. The first-order valence-corrected chi connectivity index (χ1v) is 9.62. The second-order valence-corrected chi connectivity index (χ2v) is 7.23. The first-order valence-electron chi connectivity index (χ1n) is 8.39. The second-order valence-electron chi connectivity index (χ2n) is 6.35. The molecule has 1 aromatic rings. The van der Waals surface area contributed by atoms with Crippen molar-refractivity contribution < 1.29 is 14.4 Å². The number of benzene rings is 1. The standard InChI is InChI=1S/C18H22N2O3S/c1-24-13-8-6-12(7-9-13)19-16(21)10-11-20-17(22)14-4-2-3-5-15(14)18(20)23/h6-9,14-15H,2-5,10-11H2,1H3,(H,19,21)/t14-,15-/m0/s1. The number of nitrogens with one attached hydrogen (secondary N) is 1. The minimum absolute atomic E-state index is 0.0816. The highest BCUT2D eigenvalue weighted by Gasteiger charge is 2.47. The van der Waals surface area contributed by atoms with Crippen LogP contribution in [0.15, 0.2) is 29.2 Å². The van der Waals surface area contributed by atoms with Gasteiger partial charge in [-0.05, 0) is 43.4 Å². The molecule has 1 aromatic carbocycles. The Labute approximate surface area is 146 Å². The molecule has 1 N–H and O–H groups in total. The van der Waals surface area contributed by atoms with Crippen molar-refractivity contribution in [2.24, 2.45) is 11.8 Å². The molecule has 2 atom stereocenters. The smallest absolute Gasteiger partial charge is 0.233 e. The van der Waals surface area contributed by atoms with Gasteiger partial charge < -0.3 is 5.32 Å². The van der Waals surface area contributed by atoms with E-state index in [1.54, 1.807) is 11.8 Å². The highest BCUT2D eigenvalue weighted by atomic mass is 32.2. The molecule has 128 valence electrons. The molecule has 0 unspecified atom stereocenters. The first kappa shape index (κ1) is 17.0. The number of hydrogen-bond donors (Lipinski definition) is 1. The number of thioether (sulfide) groups is 1. The number of likely N-dealkylation sites (tertiary alicyclic amines) is 1. The lowest BCUT2D eigenvalue weighted by Gasteiger charge is -2.19. The number of nitrogens with zero attached hydrogens (tertiary/aromatic N) is 1. The fourth-order valence-electron chi connectivity index (χ4n) is 3.56. The van der Waals surface area contributed by atoms with Gasteiger partial charge in [0.1, 0.15) is 0 Å². The minimum atomic E-state index is -0.178. The molecular weight excluding hydrogens is 324 g/mol. The molecule has 0 spiro atoms. The average molecular weight is 346 g/mol. The van der Waals surface area contributed by atoms with E-state index in [0.29, 0.717) is 0 Å². The molecular formula is C18H22N2O3S. The summed E-state index contributed by atoms with van der Waals surface area (Å²) in [5.41, 5.74) is 0.727. The summed E-state index contributed by atoms with van der Waals surface area (Å²) in [6.07, 6.45) is 5.77. The number of imide groups is 1. The van der Waals surface area contributed by atoms with Gasteiger partial charge in [0.15, 0.2) is 0 Å². The van der Waals surface area contributed by atoms with Gasteiger partial charge in [0, 0.05) is 23.5 Å². The zero-order valence-corrected chi connectivity index (χ0v) is 14.6. The molecule has 2 fully saturated rings. The fourth-order valence-corrected chi connectivity index (χ4v) is 3.97. The molecule has 6 heteroatoms. The second kappa shape index (κ2) is 7.38. The van der Waals surface area contributed by atoms with Gasteiger partial charge in [0.2, 0.25) is 17.7 Å². The molecule has 2 aliphatic rings. The van der Waals surface area contributed by atoms with Crippen molar-refractivity contribution in [2.75, 3.05) is 18.1 Å². The number of carbonyl (C=O) groups is 3. The maximum Gasteiger partial charge on any atom is 0.233 e. The summed E-state index contributed by atoms with van der Waals surface area (Å²) in [7, 11) is 0. The highest BCUT2D eigenvalue weighted by molar-refractivity contribution is 7.98. The molecule has 5 nitrogen and oxygen atoms in total. The van der Waals surface area contributed by atoms with Crippen LogP contribution in [0.1, 0.15) is 32.1 Å². The van der Waals surface area contributed by atoms with E-state index < -0.39 is 0 Å². The van der Waals surface area contributed by atoms with Crippen molar-refractivity contribution in [3.63, 3.8) is 0 Å². The monoisotopic (exact) mass is 346 g/mol. The summed E-state index contributed by atoms with van der Waals surface area (Å²) < 4.78 is 0. The number of amides is 3. The third-order valence-corrected chi connectivity index (χ3v) is 5.61. The third-order valence-electron chi connectivity index (χ3n) is 4.87. The van der Waals surface area contributed by atoms with Crippen molar-refractivity contribution in [1.82, 2.24) is 4.90 Å². The Morgan fingerprint density at radius 2 is 1.71 bits per heavy atom. The van der Waals surface area contributed by atoms with Crippen LogP contribution < -0.4 is 5.32 Å². The van der Waals surface area contributed by atoms with Crippen LogP contribution in [0.4, 0.5) is 5.69 Å². The molecule has 1 saturated heterocycles. The van der Waals surface area contributed by atoms with Gasteiger partial charge >= 0.3 is 0 Å². The van der Waals surface area contributed by atoms with E-state index in [4.69, 9.17) is 0 Å². The largest absolute Gasteiger partial charge is 0.326 e. The van der Waals surface area contributed by atoms with E-state index in [1.807, 2.05) is 30.5 Å². The quantitative estimate of drug-likeness (QED) is 0.658. The lowest BCUT2D eigenvalue weighted by Crippen LogP contribution is -2.34. The fraction of sp³-hybridized carbons (Fsp3) is 0.500. The zero-order chi connectivity index (χ0) is 17.1. The summed E-state index contributed by atoms with van der Waals surface area (Å²) in [6.45, 7) is 0.180. The number of hydrogen-bond acceptors (Lipinski definition) is 4. The maximum absolute atomic E-state index is 12.4. The molecule has 1 aliphatic carbocycles. The third kappa shape index (κ3) is 3.48. The summed E-state index contributed by atoms with van der Waals surface area (Å²) in [6, 6.07) is 7.59. The molecule has 1 saturated carbocycles.